The minimum Gasteiger partial charge on any atom is -0.876 e. The van der Waals surface area contributed by atoms with Crippen LogP contribution in [0.5, 0.6) is 0 Å². The van der Waals surface area contributed by atoms with Crippen molar-refractivity contribution < 1.29 is 24.0 Å². The average Bonchev–Trinajstić information content (AvgIpc) is 1.65. The Balaban J connectivity index is 0. The van der Waals surface area contributed by atoms with Crippen LogP contribution < -0.4 is 24.0 Å². The molecule has 0 N–H and O–H groups in total. The molecule has 0 fully saturated rings. The Kier molecular flexibility index (Phi) is 8.93. The van der Waals surface area contributed by atoms with E-state index in [1.54, 1.807) is 13.0 Å². The van der Waals surface area contributed by atoms with Crippen LogP contribution in [0.25, 0.3) is 0 Å². The van der Waals surface area contributed by atoms with Crippen molar-refractivity contribution >= 4 is 0 Å². The zero-order chi connectivity index (χ0) is 4.99. The molecule has 0 saturated heterocycles. The van der Waals surface area contributed by atoms with Gasteiger partial charge in [0.2, 0.25) is 0 Å². The Hall–Kier alpha value is 0.137. The van der Waals surface area contributed by atoms with Crippen molar-refractivity contribution in [3.8, 4) is 0 Å². The van der Waals surface area contributed by atoms with E-state index in [-0.39, 0.29) is 24.6 Å². The van der Waals surface area contributed by atoms with Gasteiger partial charge in [-0.2, -0.15) is 0 Å². The van der Waals surface area contributed by atoms with Gasteiger partial charge < -0.3 is 5.11 Å². The van der Waals surface area contributed by atoms with E-state index < -0.39 is 0 Å². The van der Waals surface area contributed by atoms with Gasteiger partial charge in [-0.05, 0) is 13.3 Å². The minimum atomic E-state index is 0. The molecule has 0 heterocycles. The van der Waals surface area contributed by atoms with E-state index in [1.165, 1.54) is 0 Å². The molecular weight excluding hydrogens is 83.0 g/mol. The fourth-order valence-corrected chi connectivity index (χ4v) is 0.204. The quantitative estimate of drug-likeness (QED) is 0.263. The molecule has 36 valence electrons. The summed E-state index contributed by atoms with van der Waals surface area (Å²) in [5.41, 5.74) is 0. The predicted octanol–water partition coefficient (Wildman–Crippen LogP) is -2.34. The van der Waals surface area contributed by atoms with Crippen LogP contribution in [0.3, 0.4) is 0 Å². The maximum atomic E-state index is 10.1. The monoisotopic (exact) mass is 92.1 g/mol. The zero-order valence-corrected chi connectivity index (χ0v) is 5.19. The Morgan fingerprint density at radius 3 is 2.14 bits per heavy atom. The van der Waals surface area contributed by atoms with Crippen molar-refractivity contribution in [1.29, 1.82) is 0 Å². The molecule has 0 spiro atoms. The van der Waals surface area contributed by atoms with Gasteiger partial charge in [-0.1, -0.05) is 13.0 Å². The summed E-state index contributed by atoms with van der Waals surface area (Å²) in [7, 11) is 0. The van der Waals surface area contributed by atoms with Crippen LogP contribution in [-0.2, 0) is 0 Å². The van der Waals surface area contributed by atoms with Crippen molar-refractivity contribution in [2.75, 3.05) is 0 Å². The van der Waals surface area contributed by atoms with Crippen LogP contribution in [-0.4, -0.2) is 0 Å². The molecule has 0 aromatic rings. The normalized spacial score (nSPS) is 10.3. The molecule has 0 saturated carbocycles. The first-order valence-corrected chi connectivity index (χ1v) is 2.13. The van der Waals surface area contributed by atoms with Gasteiger partial charge in [0.05, 0.1) is 0 Å². The standard InChI is InChI=1S/C5H10O.Li/c1-3-5(6)4-2;/h3,6H,4H2,1-2H3;/q;+1/p-1/b5-3+;. The first-order valence-electron chi connectivity index (χ1n) is 2.13. The molecule has 7 heavy (non-hydrogen) atoms. The van der Waals surface area contributed by atoms with Gasteiger partial charge in [0.15, 0.2) is 0 Å². The molecule has 0 aromatic heterocycles. The van der Waals surface area contributed by atoms with E-state index >= 15 is 0 Å². The number of hydrogen-bond acceptors (Lipinski definition) is 1. The van der Waals surface area contributed by atoms with Gasteiger partial charge in [-0.25, -0.2) is 0 Å². The maximum absolute atomic E-state index is 10.1. The smallest absolute Gasteiger partial charge is 0.876 e. The van der Waals surface area contributed by atoms with Gasteiger partial charge in [0, 0.05) is 0 Å². The predicted molar refractivity (Wildman–Crippen MR) is 24.0 cm³/mol. The van der Waals surface area contributed by atoms with Crippen molar-refractivity contribution in [3.05, 3.63) is 11.8 Å². The molecule has 0 amide bonds. The number of rotatable bonds is 1. The zero-order valence-electron chi connectivity index (χ0n) is 5.19. The molecule has 1 nitrogen and oxygen atoms in total. The van der Waals surface area contributed by atoms with Crippen LogP contribution in [0.2, 0.25) is 0 Å². The number of allylic oxidation sites excluding steroid dienone is 2. The van der Waals surface area contributed by atoms with E-state index in [9.17, 15) is 5.11 Å². The van der Waals surface area contributed by atoms with Gasteiger partial charge in [-0.3, -0.25) is 0 Å². The summed E-state index contributed by atoms with van der Waals surface area (Å²) >= 11 is 0. The maximum Gasteiger partial charge on any atom is 1.00 e. The van der Waals surface area contributed by atoms with Gasteiger partial charge in [0.1, 0.15) is 0 Å². The van der Waals surface area contributed by atoms with E-state index in [2.05, 4.69) is 0 Å². The molecule has 0 atom stereocenters. The van der Waals surface area contributed by atoms with E-state index in [4.69, 9.17) is 0 Å². The molecule has 0 rings (SSSR count). The molecule has 0 unspecified atom stereocenters. The van der Waals surface area contributed by atoms with Crippen LogP contribution in [0.1, 0.15) is 20.3 Å². The molecule has 2 heteroatoms. The molecule has 0 bridgehead atoms. The fraction of sp³-hybridized carbons (Fsp3) is 0.600. The second-order valence-electron chi connectivity index (χ2n) is 1.11. The van der Waals surface area contributed by atoms with Crippen LogP contribution in [0.4, 0.5) is 0 Å². The summed E-state index contributed by atoms with van der Waals surface area (Å²) in [5, 5.41) is 10.1. The third kappa shape index (κ3) is 6.14. The van der Waals surface area contributed by atoms with E-state index in [0.29, 0.717) is 6.42 Å². The first-order chi connectivity index (χ1) is 2.81. The summed E-state index contributed by atoms with van der Waals surface area (Å²) in [4.78, 5) is 0. The molecule has 0 aliphatic carbocycles. The molecular formula is C5H9LiO. The fourth-order valence-electron chi connectivity index (χ4n) is 0.204. The third-order valence-electron chi connectivity index (χ3n) is 0.670. The topological polar surface area (TPSA) is 23.1 Å². The molecule has 0 aromatic carbocycles. The third-order valence-corrected chi connectivity index (χ3v) is 0.670. The Labute approximate surface area is 56.6 Å². The second-order valence-corrected chi connectivity index (χ2v) is 1.11. The first kappa shape index (κ1) is 10.2. The Morgan fingerprint density at radius 1 is 1.71 bits per heavy atom. The largest absolute Gasteiger partial charge is 1.00 e. The average molecular weight is 92.1 g/mol. The van der Waals surface area contributed by atoms with Crippen LogP contribution in [0.15, 0.2) is 11.8 Å². The van der Waals surface area contributed by atoms with Crippen molar-refractivity contribution in [2.45, 2.75) is 20.3 Å². The molecule has 0 radical (unpaired) electrons. The van der Waals surface area contributed by atoms with E-state index in [0.717, 1.165) is 0 Å². The Morgan fingerprint density at radius 2 is 2.14 bits per heavy atom. The molecule has 0 aliphatic rings. The van der Waals surface area contributed by atoms with Crippen molar-refractivity contribution in [1.82, 2.24) is 0 Å². The van der Waals surface area contributed by atoms with Crippen molar-refractivity contribution in [3.63, 3.8) is 0 Å². The summed E-state index contributed by atoms with van der Waals surface area (Å²) in [6, 6.07) is 0. The summed E-state index contributed by atoms with van der Waals surface area (Å²) in [5.74, 6) is 0.218. The Bertz CT molecular complexity index is 59.1. The van der Waals surface area contributed by atoms with Gasteiger partial charge >= 0.3 is 18.9 Å². The molecule has 0 aliphatic heterocycles. The summed E-state index contributed by atoms with van der Waals surface area (Å²) in [6.07, 6.45) is 2.22. The minimum absolute atomic E-state index is 0. The van der Waals surface area contributed by atoms with Crippen molar-refractivity contribution in [2.24, 2.45) is 0 Å². The second kappa shape index (κ2) is 6.14. The summed E-state index contributed by atoms with van der Waals surface area (Å²) in [6.45, 7) is 3.61. The SMILES string of the molecule is C/C=C(/[O-])CC.[Li+]. The summed E-state index contributed by atoms with van der Waals surface area (Å²) < 4.78 is 0. The van der Waals surface area contributed by atoms with Crippen LogP contribution in [0, 0.1) is 0 Å². The van der Waals surface area contributed by atoms with Gasteiger partial charge in [-0.15, -0.1) is 5.76 Å². The van der Waals surface area contributed by atoms with Gasteiger partial charge in [0.25, 0.3) is 0 Å². The number of hydrogen-bond donors (Lipinski definition) is 0. The van der Waals surface area contributed by atoms with Crippen LogP contribution >= 0.6 is 0 Å². The van der Waals surface area contributed by atoms with E-state index in [1.807, 2.05) is 6.92 Å².